The lowest BCUT2D eigenvalue weighted by molar-refractivity contribution is -0.146. The van der Waals surface area contributed by atoms with Crippen LogP contribution in [0.25, 0.3) is 22.3 Å². The number of rotatable bonds is 16. The number of carboxylic acid groups (broad SMARTS) is 1. The van der Waals surface area contributed by atoms with Crippen molar-refractivity contribution >= 4 is 23.6 Å². The van der Waals surface area contributed by atoms with Gasteiger partial charge in [0.25, 0.3) is 23.7 Å². The Bertz CT molecular complexity index is 3990. The molecule has 0 spiro atoms. The fourth-order valence-electron chi connectivity index (χ4n) is 10.4. The van der Waals surface area contributed by atoms with E-state index in [2.05, 4.69) is 20.2 Å². The maximum atomic E-state index is 14.4. The molecule has 4 aromatic carbocycles. The zero-order valence-corrected chi connectivity index (χ0v) is 45.5. The molecule has 0 fully saturated rings. The molecule has 14 nitrogen and oxygen atoms in total. The summed E-state index contributed by atoms with van der Waals surface area (Å²) < 4.78 is 218. The Balaban J connectivity index is 0.000000192. The lowest BCUT2D eigenvalue weighted by Gasteiger charge is -2.20. The van der Waals surface area contributed by atoms with Crippen LogP contribution in [0.4, 0.5) is 70.2 Å². The minimum atomic E-state index is -5.18. The summed E-state index contributed by atoms with van der Waals surface area (Å²) in [4.78, 5) is 55.6. The molecule has 0 bridgehead atoms. The average Bonchev–Trinajstić information content (AvgIpc) is 1.64. The Morgan fingerprint density at radius 2 is 0.966 bits per heavy atom. The number of hydrogen-bond donors (Lipinski definition) is 4. The third-order valence-corrected chi connectivity index (χ3v) is 14.1. The predicted octanol–water partition coefficient (Wildman–Crippen LogP) is 12.0. The SMILES string of the molecule is NC(=O)c1cc(-c2cccnc2[C@@H](CC(=O)Cn2nc(C(F)(F)F)c3c2CCC3(F)F)Cc2cc(F)cc(F)c2)ccc1F.NC(=O)c1cc(-c2cccnc2[C@@H](N)Cc2cc(F)cc(F)c2)ccc1F.O=C(O)Cn1nc(C(F)(F)F)c2c1CCC2(F)F. The number of nitrogens with two attached hydrogens (primary N) is 3. The zero-order valence-electron chi connectivity index (χ0n) is 45.5. The largest absolute Gasteiger partial charge is 0.480 e. The number of aromatic nitrogens is 6. The van der Waals surface area contributed by atoms with Gasteiger partial charge in [0.1, 0.15) is 41.4 Å². The van der Waals surface area contributed by atoms with E-state index in [4.69, 9.17) is 22.3 Å². The van der Waals surface area contributed by atoms with E-state index in [1.807, 2.05) is 0 Å². The number of amides is 2. The molecule has 0 unspecified atom stereocenters. The Labute approximate surface area is 492 Å². The van der Waals surface area contributed by atoms with Crippen LogP contribution in [0.5, 0.6) is 0 Å². The van der Waals surface area contributed by atoms with Crippen LogP contribution in [0, 0.1) is 34.9 Å². The minimum Gasteiger partial charge on any atom is -0.480 e. The highest BCUT2D eigenvalue weighted by Crippen LogP contribution is 2.49. The number of ketones is 1. The number of carboxylic acids is 1. The van der Waals surface area contributed by atoms with E-state index in [-0.39, 0.29) is 47.3 Å². The summed E-state index contributed by atoms with van der Waals surface area (Å²) in [7, 11) is 0. The van der Waals surface area contributed by atoms with Crippen LogP contribution >= 0.6 is 0 Å². The van der Waals surface area contributed by atoms with Gasteiger partial charge in [0, 0.05) is 72.2 Å². The molecule has 4 aromatic heterocycles. The zero-order chi connectivity index (χ0) is 65.2. The lowest BCUT2D eigenvalue weighted by Crippen LogP contribution is -2.20. The van der Waals surface area contributed by atoms with Gasteiger partial charge in [-0.15, -0.1) is 0 Å². The molecule has 2 aliphatic rings. The quantitative estimate of drug-likeness (QED) is 0.0669. The molecule has 7 N–H and O–H groups in total. The third kappa shape index (κ3) is 15.1. The van der Waals surface area contributed by atoms with Crippen molar-refractivity contribution < 1.29 is 94.5 Å². The van der Waals surface area contributed by atoms with E-state index < -0.39 is 167 Å². The molecule has 0 radical (unpaired) electrons. The Morgan fingerprint density at radius 1 is 0.562 bits per heavy atom. The summed E-state index contributed by atoms with van der Waals surface area (Å²) in [5.74, 6) is -17.2. The molecule has 89 heavy (non-hydrogen) atoms. The standard InChI is InChI=1S/C30H22F8N4O2.C20H16F3N3O.C9H7F5N2O2/c31-18-9-15(10-19(32)13-18)8-17(26-21(2-1-7-40-26)16-3-4-23(33)22(12-16)28(39)44)11-20(43)14-42-24-5-6-29(34,35)25(24)27(41-42)30(36,37)38;21-13-6-11(7-14(22)10-13)8-18(24)19-15(2-1-5-26-19)12-3-4-17(23)16(9-12)20(25)27;10-8(11)2-1-4-6(8)7(9(12,13)14)15-16(4)3-5(17)18/h1-4,7,9-10,12-13,17H,5-6,8,11,14H2,(H2,39,44);1-7,9-10,18H,8,24H2,(H2,25,27);1-3H2,(H,17,18)/t17-;18-;/m10./s1. The maximum absolute atomic E-state index is 14.4. The molecule has 2 atom stereocenters. The number of primary amides is 2. The molecule has 0 aliphatic heterocycles. The Hall–Kier alpha value is -9.48. The van der Waals surface area contributed by atoms with E-state index in [1.165, 1.54) is 54.9 Å². The molecule has 0 saturated carbocycles. The number of benzene rings is 4. The van der Waals surface area contributed by atoms with Crippen LogP contribution in [0.15, 0.2) is 109 Å². The number of halogens is 16. The van der Waals surface area contributed by atoms with Crippen LogP contribution < -0.4 is 17.2 Å². The number of alkyl halides is 10. The number of fused-ring (bicyclic) bond motifs is 2. The minimum absolute atomic E-state index is 0.118. The van der Waals surface area contributed by atoms with Crippen molar-refractivity contribution in [3.05, 3.63) is 212 Å². The first-order valence-electron chi connectivity index (χ1n) is 26.2. The highest BCUT2D eigenvalue weighted by Gasteiger charge is 2.53. The van der Waals surface area contributed by atoms with Gasteiger partial charge in [-0.25, -0.2) is 43.9 Å². The van der Waals surface area contributed by atoms with E-state index >= 15 is 0 Å². The summed E-state index contributed by atoms with van der Waals surface area (Å²) in [6.07, 6.45) is -10.2. The average molecular weight is 1260 g/mol. The van der Waals surface area contributed by atoms with E-state index in [9.17, 15) is 89.4 Å². The number of aliphatic carboxylic acids is 1. The summed E-state index contributed by atoms with van der Waals surface area (Å²) in [5.41, 5.74) is 12.2. The summed E-state index contributed by atoms with van der Waals surface area (Å²) in [5, 5.41) is 14.8. The Kier molecular flexibility index (Phi) is 18.9. The van der Waals surface area contributed by atoms with Crippen LogP contribution in [0.3, 0.4) is 0 Å². The number of carbonyl (C=O) groups excluding carboxylic acids is 3. The first-order chi connectivity index (χ1) is 41.6. The van der Waals surface area contributed by atoms with E-state index in [0.29, 0.717) is 43.4 Å². The van der Waals surface area contributed by atoms with Gasteiger partial charge in [0.2, 0.25) is 0 Å². The molecule has 10 rings (SSSR count). The van der Waals surface area contributed by atoms with Crippen molar-refractivity contribution in [2.45, 2.75) is 94.2 Å². The maximum Gasteiger partial charge on any atom is 0.435 e. The number of nitrogens with zero attached hydrogens (tertiary/aromatic N) is 6. The summed E-state index contributed by atoms with van der Waals surface area (Å²) in [6, 6.07) is 19.1. The van der Waals surface area contributed by atoms with Crippen molar-refractivity contribution in [3.8, 4) is 22.3 Å². The van der Waals surface area contributed by atoms with Crippen LogP contribution in [-0.2, 0) is 72.6 Å². The van der Waals surface area contributed by atoms with Gasteiger partial charge in [-0.1, -0.05) is 24.3 Å². The van der Waals surface area contributed by atoms with Gasteiger partial charge in [0.05, 0.1) is 46.2 Å². The number of hydrogen-bond acceptors (Lipinski definition) is 9. The molecule has 4 heterocycles. The van der Waals surface area contributed by atoms with Crippen molar-refractivity contribution in [1.29, 1.82) is 0 Å². The second-order valence-corrected chi connectivity index (χ2v) is 20.5. The van der Waals surface area contributed by atoms with Gasteiger partial charge in [-0.05, 0) is 109 Å². The monoisotopic (exact) mass is 1260 g/mol. The first-order valence-corrected chi connectivity index (χ1v) is 26.2. The molecule has 0 saturated heterocycles. The molecule has 2 amide bonds. The van der Waals surface area contributed by atoms with E-state index in [1.54, 1.807) is 18.2 Å². The van der Waals surface area contributed by atoms with Crippen molar-refractivity contribution in [3.63, 3.8) is 0 Å². The smallest absolute Gasteiger partial charge is 0.435 e. The van der Waals surface area contributed by atoms with Gasteiger partial charge in [-0.2, -0.15) is 36.5 Å². The van der Waals surface area contributed by atoms with E-state index in [0.717, 1.165) is 30.3 Å². The second-order valence-electron chi connectivity index (χ2n) is 20.5. The topological polar surface area (TPSA) is 228 Å². The third-order valence-electron chi connectivity index (χ3n) is 14.1. The van der Waals surface area contributed by atoms with Crippen LogP contribution in [0.1, 0.15) is 108 Å². The van der Waals surface area contributed by atoms with Gasteiger partial charge in [0.15, 0.2) is 17.2 Å². The number of Topliss-reactive ketones (excluding diaryl/α,β-unsaturated/α-hetero) is 1. The number of pyridine rings is 2. The van der Waals surface area contributed by atoms with Crippen LogP contribution in [0.2, 0.25) is 0 Å². The first kappa shape index (κ1) is 65.5. The van der Waals surface area contributed by atoms with Gasteiger partial charge >= 0.3 is 18.3 Å². The summed E-state index contributed by atoms with van der Waals surface area (Å²) in [6.45, 7) is -1.65. The molecule has 30 heteroatoms. The summed E-state index contributed by atoms with van der Waals surface area (Å²) >= 11 is 0. The van der Waals surface area contributed by atoms with Crippen molar-refractivity contribution in [1.82, 2.24) is 29.5 Å². The van der Waals surface area contributed by atoms with Gasteiger partial charge < -0.3 is 22.3 Å². The second kappa shape index (κ2) is 25.7. The predicted molar refractivity (Wildman–Crippen MR) is 282 cm³/mol. The normalized spacial score (nSPS) is 14.6. The molecular formula is C59H45F16N9O5. The number of carbonyl (C=O) groups is 4. The van der Waals surface area contributed by atoms with Crippen molar-refractivity contribution in [2.75, 3.05) is 0 Å². The highest BCUT2D eigenvalue weighted by atomic mass is 19.4. The Morgan fingerprint density at radius 3 is 1.38 bits per heavy atom. The van der Waals surface area contributed by atoms with Crippen LogP contribution in [-0.4, -0.2) is 58.2 Å². The highest BCUT2D eigenvalue weighted by molar-refractivity contribution is 5.95. The molecular weight excluding hydrogens is 1220 g/mol. The van der Waals surface area contributed by atoms with Crippen molar-refractivity contribution in [2.24, 2.45) is 17.2 Å². The van der Waals surface area contributed by atoms with Gasteiger partial charge in [-0.3, -0.25) is 38.5 Å². The molecule has 8 aromatic rings. The fraction of sp³-hybridized carbons (Fsp3) is 0.254. The molecule has 2 aliphatic carbocycles. The molecule has 468 valence electrons. The fourth-order valence-corrected chi connectivity index (χ4v) is 10.4. The lowest BCUT2D eigenvalue weighted by atomic mass is 9.86.